The van der Waals surface area contributed by atoms with Crippen molar-refractivity contribution in [2.75, 3.05) is 26.3 Å². The third-order valence-corrected chi connectivity index (χ3v) is 8.37. The van der Waals surface area contributed by atoms with E-state index in [-0.39, 0.29) is 55.2 Å². The van der Waals surface area contributed by atoms with Crippen LogP contribution in [0.4, 0.5) is 8.78 Å². The van der Waals surface area contributed by atoms with Gasteiger partial charge in [0.2, 0.25) is 11.8 Å². The third kappa shape index (κ3) is 5.07. The number of benzene rings is 3. The molecular formula is C32H30F2N4O4. The molecular weight excluding hydrogens is 542 g/mol. The summed E-state index contributed by atoms with van der Waals surface area (Å²) in [6.45, 7) is 0.170. The number of carbonyl (C=O) groups is 4. The molecule has 3 aliphatic heterocycles. The van der Waals surface area contributed by atoms with Gasteiger partial charge in [-0.05, 0) is 35.2 Å². The summed E-state index contributed by atoms with van der Waals surface area (Å²) in [6.07, 6.45) is 0.224. The first-order valence-corrected chi connectivity index (χ1v) is 14.0. The Morgan fingerprint density at radius 2 is 1.62 bits per heavy atom. The zero-order valence-electron chi connectivity index (χ0n) is 22.8. The minimum Gasteiger partial charge on any atom is -0.330 e. The topological polar surface area (TPSA) is 90.0 Å². The molecule has 2 atom stereocenters. The lowest BCUT2D eigenvalue weighted by atomic mass is 9.95. The Bertz CT molecular complexity index is 1490. The fourth-order valence-electron chi connectivity index (χ4n) is 6.35. The highest BCUT2D eigenvalue weighted by atomic mass is 19.1. The SMILES string of the molecule is O=C1CCC(N2Cc3cc(C(=O)N4CCN(C(c5ccccc5)c5ccccc5)CC4CF)cc(F)c3C2=O)C(=O)N1. The number of fused-ring (bicyclic) bond motifs is 1. The van der Waals surface area contributed by atoms with Gasteiger partial charge in [-0.15, -0.1) is 0 Å². The van der Waals surface area contributed by atoms with Crippen LogP contribution in [-0.2, 0) is 16.1 Å². The summed E-state index contributed by atoms with van der Waals surface area (Å²) in [5.41, 5.74) is 2.26. The van der Waals surface area contributed by atoms with Gasteiger partial charge in [0.1, 0.15) is 18.5 Å². The van der Waals surface area contributed by atoms with E-state index in [1.54, 1.807) is 0 Å². The van der Waals surface area contributed by atoms with Crippen LogP contribution in [0.3, 0.4) is 0 Å². The molecule has 216 valence electrons. The predicted octanol–water partition coefficient (Wildman–Crippen LogP) is 3.47. The number of nitrogens with zero attached hydrogens (tertiary/aromatic N) is 3. The van der Waals surface area contributed by atoms with Crippen LogP contribution in [0.2, 0.25) is 0 Å². The smallest absolute Gasteiger partial charge is 0.258 e. The Morgan fingerprint density at radius 3 is 2.24 bits per heavy atom. The van der Waals surface area contributed by atoms with E-state index in [0.717, 1.165) is 17.2 Å². The molecule has 3 aromatic carbocycles. The summed E-state index contributed by atoms with van der Waals surface area (Å²) in [7, 11) is 0. The number of hydrogen-bond acceptors (Lipinski definition) is 5. The number of amides is 4. The van der Waals surface area contributed by atoms with Gasteiger partial charge in [0.15, 0.2) is 0 Å². The summed E-state index contributed by atoms with van der Waals surface area (Å²) in [4.78, 5) is 55.4. The Morgan fingerprint density at radius 1 is 0.952 bits per heavy atom. The Kier molecular flexibility index (Phi) is 7.55. The highest BCUT2D eigenvalue weighted by Gasteiger charge is 2.42. The summed E-state index contributed by atoms with van der Waals surface area (Å²) < 4.78 is 29.8. The average molecular weight is 573 g/mol. The van der Waals surface area contributed by atoms with Gasteiger partial charge in [-0.25, -0.2) is 8.78 Å². The molecule has 2 fully saturated rings. The minimum absolute atomic E-state index is 0.0266. The van der Waals surface area contributed by atoms with E-state index in [1.165, 1.54) is 15.9 Å². The van der Waals surface area contributed by atoms with Crippen molar-refractivity contribution in [2.24, 2.45) is 0 Å². The highest BCUT2D eigenvalue weighted by molar-refractivity contribution is 6.06. The molecule has 0 radical (unpaired) electrons. The van der Waals surface area contributed by atoms with Crippen LogP contribution < -0.4 is 5.32 Å². The molecule has 3 heterocycles. The standard InChI is InChI=1S/C32H30F2N4O4/c33-17-24-19-36(29(20-7-3-1-4-8-20)21-9-5-2-6-10-21)13-14-37(24)31(41)22-15-23-18-38(32(42)28(23)25(34)16-22)26-11-12-27(39)35-30(26)40/h1-10,15-16,24,26,29H,11-14,17-19H2,(H,35,39,40). The first-order chi connectivity index (χ1) is 20.4. The van der Waals surface area contributed by atoms with Crippen molar-refractivity contribution < 1.29 is 28.0 Å². The van der Waals surface area contributed by atoms with E-state index in [0.29, 0.717) is 6.54 Å². The van der Waals surface area contributed by atoms with Crippen molar-refractivity contribution in [1.82, 2.24) is 20.0 Å². The maximum atomic E-state index is 15.3. The van der Waals surface area contributed by atoms with Crippen LogP contribution in [-0.4, -0.2) is 76.7 Å². The van der Waals surface area contributed by atoms with Crippen LogP contribution in [0, 0.1) is 5.82 Å². The lowest BCUT2D eigenvalue weighted by molar-refractivity contribution is -0.136. The second kappa shape index (κ2) is 11.4. The Balaban J connectivity index is 1.22. The lowest BCUT2D eigenvalue weighted by Crippen LogP contribution is -2.56. The van der Waals surface area contributed by atoms with Crippen molar-refractivity contribution in [3.05, 3.63) is 106 Å². The maximum absolute atomic E-state index is 15.3. The first kappa shape index (κ1) is 27.7. The van der Waals surface area contributed by atoms with Crippen molar-refractivity contribution >= 4 is 23.6 Å². The van der Waals surface area contributed by atoms with E-state index < -0.39 is 48.2 Å². The zero-order chi connectivity index (χ0) is 29.4. The second-order valence-electron chi connectivity index (χ2n) is 10.9. The molecule has 0 aliphatic carbocycles. The molecule has 0 aromatic heterocycles. The number of imide groups is 1. The Hall–Kier alpha value is -4.44. The van der Waals surface area contributed by atoms with Gasteiger partial charge in [-0.2, -0.15) is 0 Å². The van der Waals surface area contributed by atoms with Gasteiger partial charge in [0, 0.05) is 38.2 Å². The predicted molar refractivity (Wildman–Crippen MR) is 150 cm³/mol. The first-order valence-electron chi connectivity index (χ1n) is 14.0. The fraction of sp³-hybridized carbons (Fsp3) is 0.312. The van der Waals surface area contributed by atoms with Crippen molar-refractivity contribution in [3.63, 3.8) is 0 Å². The third-order valence-electron chi connectivity index (χ3n) is 8.37. The molecule has 3 aromatic rings. The summed E-state index contributed by atoms with van der Waals surface area (Å²) in [6, 6.07) is 20.6. The minimum atomic E-state index is -0.896. The van der Waals surface area contributed by atoms with E-state index in [9.17, 15) is 23.6 Å². The number of rotatable bonds is 6. The summed E-state index contributed by atoms with van der Waals surface area (Å²) in [5.74, 6) is -3.04. The lowest BCUT2D eigenvalue weighted by Gasteiger charge is -2.44. The van der Waals surface area contributed by atoms with Gasteiger partial charge < -0.3 is 9.80 Å². The van der Waals surface area contributed by atoms with E-state index in [4.69, 9.17) is 0 Å². The molecule has 42 heavy (non-hydrogen) atoms. The maximum Gasteiger partial charge on any atom is 0.258 e. The van der Waals surface area contributed by atoms with Crippen molar-refractivity contribution in [3.8, 4) is 0 Å². The molecule has 2 saturated heterocycles. The fourth-order valence-corrected chi connectivity index (χ4v) is 6.35. The zero-order valence-corrected chi connectivity index (χ0v) is 22.8. The monoisotopic (exact) mass is 572 g/mol. The van der Waals surface area contributed by atoms with Gasteiger partial charge in [0.05, 0.1) is 17.6 Å². The van der Waals surface area contributed by atoms with E-state index in [1.807, 2.05) is 60.7 Å². The molecule has 0 saturated carbocycles. The molecule has 0 bridgehead atoms. The van der Waals surface area contributed by atoms with Crippen LogP contribution in [0.5, 0.6) is 0 Å². The van der Waals surface area contributed by atoms with Crippen LogP contribution in [0.25, 0.3) is 0 Å². The molecule has 1 N–H and O–H groups in total. The quantitative estimate of drug-likeness (QED) is 0.457. The molecule has 4 amide bonds. The van der Waals surface area contributed by atoms with Gasteiger partial charge >= 0.3 is 0 Å². The number of carbonyl (C=O) groups excluding carboxylic acids is 4. The van der Waals surface area contributed by atoms with Crippen LogP contribution >= 0.6 is 0 Å². The van der Waals surface area contributed by atoms with Gasteiger partial charge in [-0.1, -0.05) is 60.7 Å². The molecule has 2 unspecified atom stereocenters. The van der Waals surface area contributed by atoms with Gasteiger partial charge in [-0.3, -0.25) is 29.4 Å². The van der Waals surface area contributed by atoms with Crippen molar-refractivity contribution in [1.29, 1.82) is 0 Å². The molecule has 3 aliphatic rings. The number of hydrogen-bond donors (Lipinski definition) is 1. The molecule has 0 spiro atoms. The largest absolute Gasteiger partial charge is 0.330 e. The number of alkyl halides is 1. The Labute approximate surface area is 241 Å². The average Bonchev–Trinajstić information content (AvgIpc) is 3.34. The van der Waals surface area contributed by atoms with Crippen molar-refractivity contribution in [2.45, 2.75) is 37.5 Å². The molecule has 8 nitrogen and oxygen atoms in total. The van der Waals surface area contributed by atoms with E-state index >= 15 is 4.39 Å². The number of piperazine rings is 1. The number of piperidine rings is 1. The number of halogens is 2. The second-order valence-corrected chi connectivity index (χ2v) is 10.9. The van der Waals surface area contributed by atoms with E-state index in [2.05, 4.69) is 10.2 Å². The summed E-state index contributed by atoms with van der Waals surface area (Å²) >= 11 is 0. The molecule has 6 rings (SSSR count). The van der Waals surface area contributed by atoms with Crippen LogP contribution in [0.1, 0.15) is 56.3 Å². The summed E-state index contributed by atoms with van der Waals surface area (Å²) in [5, 5.41) is 2.22. The van der Waals surface area contributed by atoms with Gasteiger partial charge in [0.25, 0.3) is 11.8 Å². The molecule has 10 heteroatoms. The highest BCUT2D eigenvalue weighted by Crippen LogP contribution is 2.33. The number of nitrogens with one attached hydrogen (secondary N) is 1. The normalized spacial score (nSPS) is 21.1. The van der Waals surface area contributed by atoms with Crippen LogP contribution in [0.15, 0.2) is 72.8 Å².